The molecule has 176 valence electrons. The second-order valence-electron chi connectivity index (χ2n) is 8.09. The van der Waals surface area contributed by atoms with Gasteiger partial charge in [-0.15, -0.1) is 11.3 Å². The van der Waals surface area contributed by atoms with Crippen molar-refractivity contribution in [2.24, 2.45) is 0 Å². The Kier molecular flexibility index (Phi) is 8.03. The fourth-order valence-corrected chi connectivity index (χ4v) is 5.18. The minimum atomic E-state index is -0.294. The summed E-state index contributed by atoms with van der Waals surface area (Å²) in [6.45, 7) is 4.48. The van der Waals surface area contributed by atoms with Crippen LogP contribution in [0.15, 0.2) is 66.1 Å². The zero-order valence-corrected chi connectivity index (χ0v) is 20.6. The number of allylic oxidation sites excluding steroid dienone is 1. The van der Waals surface area contributed by atoms with Crippen LogP contribution >= 0.6 is 23.6 Å². The highest BCUT2D eigenvalue weighted by Crippen LogP contribution is 2.32. The van der Waals surface area contributed by atoms with Crippen LogP contribution in [-0.2, 0) is 0 Å². The number of thiocarbonyl (C=S) groups is 1. The van der Waals surface area contributed by atoms with E-state index in [2.05, 4.69) is 20.5 Å². The van der Waals surface area contributed by atoms with E-state index in [0.717, 1.165) is 53.7 Å². The van der Waals surface area contributed by atoms with Gasteiger partial charge in [0.1, 0.15) is 11.5 Å². The third-order valence-corrected chi connectivity index (χ3v) is 7.23. The standard InChI is InChI=1S/C26H27FN4OS2/c1-2-3-14-28-26(33)31-15-12-19(13-16-31)25-30-23(17-34-25)24(32)29-22-7-5-4-6-21(22)18-8-10-20(27)11-9-18/h2-11,17,19H,12-16H2,1H3,(H,28,33)(H,29,32)/b3-2+. The lowest BCUT2D eigenvalue weighted by Gasteiger charge is -2.33. The molecule has 0 spiro atoms. The Labute approximate surface area is 208 Å². The summed E-state index contributed by atoms with van der Waals surface area (Å²) in [5, 5.41) is 9.83. The summed E-state index contributed by atoms with van der Waals surface area (Å²) in [6, 6.07) is 13.7. The van der Waals surface area contributed by atoms with Gasteiger partial charge in [0.05, 0.1) is 5.01 Å². The molecule has 1 aliphatic heterocycles. The van der Waals surface area contributed by atoms with Gasteiger partial charge in [0.15, 0.2) is 5.11 Å². The van der Waals surface area contributed by atoms with Crippen molar-refractivity contribution in [2.45, 2.75) is 25.7 Å². The second-order valence-corrected chi connectivity index (χ2v) is 9.37. The minimum Gasteiger partial charge on any atom is -0.359 e. The molecule has 2 heterocycles. The quantitative estimate of drug-likeness (QED) is 0.333. The predicted molar refractivity (Wildman–Crippen MR) is 141 cm³/mol. The van der Waals surface area contributed by atoms with Gasteiger partial charge in [-0.2, -0.15) is 0 Å². The number of nitrogens with one attached hydrogen (secondary N) is 2. The Hall–Kier alpha value is -3.10. The second kappa shape index (κ2) is 11.4. The molecule has 1 fully saturated rings. The molecule has 1 amide bonds. The zero-order chi connectivity index (χ0) is 23.9. The van der Waals surface area contributed by atoms with E-state index < -0.39 is 0 Å². The van der Waals surface area contributed by atoms with E-state index in [0.29, 0.717) is 17.3 Å². The highest BCUT2D eigenvalue weighted by atomic mass is 32.1. The van der Waals surface area contributed by atoms with E-state index in [-0.39, 0.29) is 11.7 Å². The number of piperidine rings is 1. The largest absolute Gasteiger partial charge is 0.359 e. The van der Waals surface area contributed by atoms with Crippen molar-refractivity contribution in [1.82, 2.24) is 15.2 Å². The van der Waals surface area contributed by atoms with Crippen molar-refractivity contribution < 1.29 is 9.18 Å². The summed E-state index contributed by atoms with van der Waals surface area (Å²) < 4.78 is 13.3. The summed E-state index contributed by atoms with van der Waals surface area (Å²) in [5.41, 5.74) is 2.75. The molecular weight excluding hydrogens is 467 g/mol. The molecular formula is C26H27FN4OS2. The van der Waals surface area contributed by atoms with Gasteiger partial charge in [0, 0.05) is 42.2 Å². The van der Waals surface area contributed by atoms with Crippen LogP contribution in [0.3, 0.4) is 0 Å². The number of carbonyl (C=O) groups is 1. The predicted octanol–water partition coefficient (Wildman–Crippen LogP) is 5.83. The van der Waals surface area contributed by atoms with E-state index >= 15 is 0 Å². The molecule has 0 unspecified atom stereocenters. The first-order valence-electron chi connectivity index (χ1n) is 11.3. The van der Waals surface area contributed by atoms with Gasteiger partial charge in [-0.05, 0) is 55.7 Å². The number of carbonyl (C=O) groups excluding carboxylic acids is 1. The number of hydrogen-bond donors (Lipinski definition) is 2. The summed E-state index contributed by atoms with van der Waals surface area (Å²) in [6.07, 6.45) is 5.94. The topological polar surface area (TPSA) is 57.3 Å². The number of rotatable bonds is 6. The number of aromatic nitrogens is 1. The monoisotopic (exact) mass is 494 g/mol. The van der Waals surface area contributed by atoms with Crippen molar-refractivity contribution in [3.63, 3.8) is 0 Å². The van der Waals surface area contributed by atoms with Crippen LogP contribution in [0, 0.1) is 5.82 Å². The van der Waals surface area contributed by atoms with E-state index in [1.165, 1.54) is 23.5 Å². The highest BCUT2D eigenvalue weighted by Gasteiger charge is 2.25. The van der Waals surface area contributed by atoms with E-state index in [4.69, 9.17) is 12.2 Å². The first-order chi connectivity index (χ1) is 16.5. The lowest BCUT2D eigenvalue weighted by molar-refractivity contribution is 0.102. The van der Waals surface area contributed by atoms with Gasteiger partial charge in [0.2, 0.25) is 0 Å². The summed E-state index contributed by atoms with van der Waals surface area (Å²) in [5.74, 6) is -0.214. The van der Waals surface area contributed by atoms with Crippen molar-refractivity contribution in [3.05, 3.63) is 82.6 Å². The maximum absolute atomic E-state index is 13.3. The lowest BCUT2D eigenvalue weighted by Crippen LogP contribution is -2.43. The Bertz CT molecular complexity index is 1170. The highest BCUT2D eigenvalue weighted by molar-refractivity contribution is 7.80. The smallest absolute Gasteiger partial charge is 0.275 e. The average molecular weight is 495 g/mol. The molecule has 0 saturated carbocycles. The number of benzene rings is 2. The van der Waals surface area contributed by atoms with Crippen molar-refractivity contribution in [2.75, 3.05) is 25.0 Å². The van der Waals surface area contributed by atoms with E-state index in [1.54, 1.807) is 12.1 Å². The number of anilines is 1. The number of halogens is 1. The third-order valence-electron chi connectivity index (χ3n) is 5.82. The molecule has 0 bridgehead atoms. The van der Waals surface area contributed by atoms with Crippen LogP contribution in [0.5, 0.6) is 0 Å². The maximum atomic E-state index is 13.3. The molecule has 8 heteroatoms. The van der Waals surface area contributed by atoms with Crippen LogP contribution in [-0.4, -0.2) is 40.5 Å². The zero-order valence-electron chi connectivity index (χ0n) is 19.0. The molecule has 3 aromatic rings. The number of thiazole rings is 1. The van der Waals surface area contributed by atoms with Gasteiger partial charge in [-0.1, -0.05) is 42.5 Å². The molecule has 34 heavy (non-hydrogen) atoms. The number of amides is 1. The van der Waals surface area contributed by atoms with Gasteiger partial charge in [0.25, 0.3) is 5.91 Å². The van der Waals surface area contributed by atoms with Crippen molar-refractivity contribution >= 4 is 40.3 Å². The molecule has 2 N–H and O–H groups in total. The molecule has 0 radical (unpaired) electrons. The number of nitrogens with zero attached hydrogens (tertiary/aromatic N) is 2. The van der Waals surface area contributed by atoms with E-state index in [9.17, 15) is 9.18 Å². The fourth-order valence-electron chi connectivity index (χ4n) is 3.94. The van der Waals surface area contributed by atoms with Crippen molar-refractivity contribution in [3.8, 4) is 11.1 Å². The Morgan fingerprint density at radius 2 is 1.94 bits per heavy atom. The molecule has 1 saturated heterocycles. The molecule has 2 aromatic carbocycles. The molecule has 4 rings (SSSR count). The SMILES string of the molecule is C/C=C/CNC(=S)N1CCC(c2nc(C(=O)Nc3ccccc3-c3ccc(F)cc3)cs2)CC1. The van der Waals surface area contributed by atoms with Gasteiger partial charge in [-0.3, -0.25) is 4.79 Å². The molecule has 0 atom stereocenters. The third kappa shape index (κ3) is 5.87. The summed E-state index contributed by atoms with van der Waals surface area (Å²) >= 11 is 7.03. The maximum Gasteiger partial charge on any atom is 0.275 e. The van der Waals surface area contributed by atoms with E-state index in [1.807, 2.05) is 48.7 Å². The Morgan fingerprint density at radius 3 is 2.68 bits per heavy atom. The number of para-hydroxylation sites is 1. The molecule has 5 nitrogen and oxygen atoms in total. The normalized spacial score (nSPS) is 14.4. The van der Waals surface area contributed by atoms with Crippen LogP contribution in [0.2, 0.25) is 0 Å². The molecule has 1 aromatic heterocycles. The van der Waals surface area contributed by atoms with Crippen molar-refractivity contribution in [1.29, 1.82) is 0 Å². The molecule has 1 aliphatic rings. The molecule has 0 aliphatic carbocycles. The lowest BCUT2D eigenvalue weighted by atomic mass is 9.98. The summed E-state index contributed by atoms with van der Waals surface area (Å²) in [4.78, 5) is 19.8. The first kappa shape index (κ1) is 24.0. The van der Waals surface area contributed by atoms with Crippen LogP contribution in [0.1, 0.15) is 41.2 Å². The Morgan fingerprint density at radius 1 is 1.21 bits per heavy atom. The Balaban J connectivity index is 1.38. The van der Waals surface area contributed by atoms with Crippen LogP contribution in [0.4, 0.5) is 10.1 Å². The minimum absolute atomic E-state index is 0.246. The van der Waals surface area contributed by atoms with Gasteiger partial charge < -0.3 is 15.5 Å². The van der Waals surface area contributed by atoms with Gasteiger partial charge >= 0.3 is 0 Å². The number of likely N-dealkylation sites (tertiary alicyclic amines) is 1. The first-order valence-corrected chi connectivity index (χ1v) is 12.6. The van der Waals surface area contributed by atoms with Crippen LogP contribution < -0.4 is 10.6 Å². The summed E-state index contributed by atoms with van der Waals surface area (Å²) in [7, 11) is 0. The van der Waals surface area contributed by atoms with Crippen LogP contribution in [0.25, 0.3) is 11.1 Å². The van der Waals surface area contributed by atoms with Gasteiger partial charge in [-0.25, -0.2) is 9.37 Å². The fraction of sp³-hybridized carbons (Fsp3) is 0.269. The number of hydrogen-bond acceptors (Lipinski definition) is 4. The average Bonchev–Trinajstić information content (AvgIpc) is 3.36.